The van der Waals surface area contributed by atoms with Crippen molar-refractivity contribution in [3.8, 4) is 0 Å². The first-order valence-corrected chi connectivity index (χ1v) is 16.4. The summed E-state index contributed by atoms with van der Waals surface area (Å²) in [5, 5.41) is 7.42. The highest BCUT2D eigenvalue weighted by atomic mass is 32.2. The maximum absolute atomic E-state index is 13.8. The summed E-state index contributed by atoms with van der Waals surface area (Å²) in [6, 6.07) is 5.96. The molecule has 3 N–H and O–H groups in total. The molecule has 0 unspecified atom stereocenters. The summed E-state index contributed by atoms with van der Waals surface area (Å²) in [7, 11) is -3.92. The van der Waals surface area contributed by atoms with Gasteiger partial charge in [0.25, 0.3) is 11.8 Å². The second kappa shape index (κ2) is 11.7. The van der Waals surface area contributed by atoms with E-state index in [0.717, 1.165) is 35.2 Å². The zero-order valence-electron chi connectivity index (χ0n) is 25.2. The van der Waals surface area contributed by atoms with Crippen molar-refractivity contribution in [2.24, 2.45) is 5.92 Å². The van der Waals surface area contributed by atoms with Gasteiger partial charge in [0.1, 0.15) is 0 Å². The molecule has 0 spiro atoms. The van der Waals surface area contributed by atoms with Gasteiger partial charge in [-0.15, -0.1) is 0 Å². The highest BCUT2D eigenvalue weighted by Crippen LogP contribution is 2.47. The lowest BCUT2D eigenvalue weighted by molar-refractivity contribution is 0.0928. The van der Waals surface area contributed by atoms with Crippen LogP contribution in [0, 0.1) is 19.8 Å². The van der Waals surface area contributed by atoms with Crippen LogP contribution < -0.4 is 15.4 Å². The van der Waals surface area contributed by atoms with Crippen molar-refractivity contribution in [3.05, 3.63) is 94.3 Å². The number of fused-ring (bicyclic) bond motifs is 3. The first-order chi connectivity index (χ1) is 21.0. The number of aryl methyl sites for hydroxylation is 2. The lowest BCUT2D eigenvalue weighted by Crippen LogP contribution is -2.30. The SMILES string of the molecule is Cc1cncc(C(=O)N[C@@H]2C[C@@H](NC(=O)c3cncc(C)c3)c3c2cc(S(=O)(=O)NCC(C)C)c2cc(C4CC4)ncc32)c1. The third-order valence-electron chi connectivity index (χ3n) is 8.13. The molecule has 2 amide bonds. The van der Waals surface area contributed by atoms with Crippen LogP contribution in [0.25, 0.3) is 10.8 Å². The van der Waals surface area contributed by atoms with Gasteiger partial charge in [-0.05, 0) is 85.5 Å². The topological polar surface area (TPSA) is 143 Å². The molecule has 2 atom stereocenters. The van der Waals surface area contributed by atoms with Crippen LogP contribution in [0.2, 0.25) is 0 Å². The molecule has 11 heteroatoms. The summed E-state index contributed by atoms with van der Waals surface area (Å²) in [6.45, 7) is 7.90. The van der Waals surface area contributed by atoms with Crippen LogP contribution >= 0.6 is 0 Å². The van der Waals surface area contributed by atoms with Gasteiger partial charge < -0.3 is 10.6 Å². The second-order valence-corrected chi connectivity index (χ2v) is 14.1. The Bertz CT molecular complexity index is 1890. The molecule has 4 aromatic rings. The van der Waals surface area contributed by atoms with E-state index >= 15 is 0 Å². The Kier molecular flexibility index (Phi) is 7.93. The lowest BCUT2D eigenvalue weighted by atomic mass is 9.98. The Hall–Kier alpha value is -4.22. The van der Waals surface area contributed by atoms with Gasteiger partial charge in [-0.1, -0.05) is 13.8 Å². The van der Waals surface area contributed by atoms with E-state index in [1.165, 1.54) is 12.4 Å². The molecule has 228 valence electrons. The number of carbonyl (C=O) groups excluding carboxylic acids is 2. The van der Waals surface area contributed by atoms with E-state index in [1.54, 1.807) is 36.8 Å². The Morgan fingerprint density at radius 3 is 2.02 bits per heavy atom. The molecule has 3 aromatic heterocycles. The predicted molar refractivity (Wildman–Crippen MR) is 167 cm³/mol. The van der Waals surface area contributed by atoms with Crippen molar-refractivity contribution in [1.82, 2.24) is 30.3 Å². The minimum Gasteiger partial charge on any atom is -0.345 e. The van der Waals surface area contributed by atoms with E-state index in [2.05, 4.69) is 25.3 Å². The number of aromatic nitrogens is 3. The van der Waals surface area contributed by atoms with Gasteiger partial charge in [0.2, 0.25) is 10.0 Å². The molecule has 2 aliphatic rings. The minimum atomic E-state index is -3.92. The third kappa shape index (κ3) is 6.07. The van der Waals surface area contributed by atoms with Gasteiger partial charge in [0.05, 0.1) is 28.1 Å². The van der Waals surface area contributed by atoms with E-state index in [9.17, 15) is 18.0 Å². The maximum atomic E-state index is 13.8. The number of carbonyl (C=O) groups is 2. The standard InChI is InChI=1S/C33H36N6O4S/c1-18(2)12-37-44(42,43)30-10-25-28(38-32(40)22-7-19(3)13-34-15-22)11-29(39-33(41)23-8-20(4)14-35-16-23)31(25)26-17-36-27(9-24(26)30)21-5-6-21/h7-10,13-18,21,28-29,37H,5-6,11-12H2,1-4H3,(H,38,40)(H,39,41)/t28-,29-/m1/s1. The Labute approximate surface area is 257 Å². The minimum absolute atomic E-state index is 0.111. The number of nitrogens with zero attached hydrogens (tertiary/aromatic N) is 3. The smallest absolute Gasteiger partial charge is 0.253 e. The summed E-state index contributed by atoms with van der Waals surface area (Å²) >= 11 is 0. The van der Waals surface area contributed by atoms with Crippen molar-refractivity contribution in [2.75, 3.05) is 6.54 Å². The van der Waals surface area contributed by atoms with Crippen molar-refractivity contribution >= 4 is 32.6 Å². The molecule has 44 heavy (non-hydrogen) atoms. The molecule has 6 rings (SSSR count). The van der Waals surface area contributed by atoms with Crippen molar-refractivity contribution in [3.63, 3.8) is 0 Å². The van der Waals surface area contributed by atoms with Gasteiger partial charge in [-0.2, -0.15) is 0 Å². The van der Waals surface area contributed by atoms with Gasteiger partial charge >= 0.3 is 0 Å². The second-order valence-electron chi connectivity index (χ2n) is 12.3. The van der Waals surface area contributed by atoms with Crippen LogP contribution in [0.5, 0.6) is 0 Å². The number of hydrogen-bond acceptors (Lipinski definition) is 7. The third-order valence-corrected chi connectivity index (χ3v) is 9.59. The molecule has 10 nitrogen and oxygen atoms in total. The van der Waals surface area contributed by atoms with Crippen LogP contribution in [0.1, 0.15) is 99.8 Å². The van der Waals surface area contributed by atoms with Crippen molar-refractivity contribution in [1.29, 1.82) is 0 Å². The summed E-state index contributed by atoms with van der Waals surface area (Å²) in [5.41, 5.74) is 4.75. The normalized spacial score (nSPS) is 17.9. The van der Waals surface area contributed by atoms with Gasteiger partial charge in [0, 0.05) is 59.9 Å². The average Bonchev–Trinajstić information content (AvgIpc) is 3.79. The van der Waals surface area contributed by atoms with Crippen LogP contribution in [-0.4, -0.2) is 41.7 Å². The Morgan fingerprint density at radius 1 is 0.841 bits per heavy atom. The van der Waals surface area contributed by atoms with E-state index in [-0.39, 0.29) is 29.2 Å². The van der Waals surface area contributed by atoms with E-state index < -0.39 is 22.1 Å². The average molecular weight is 613 g/mol. The fourth-order valence-corrected chi connectivity index (χ4v) is 7.24. The monoisotopic (exact) mass is 612 g/mol. The van der Waals surface area contributed by atoms with E-state index in [4.69, 9.17) is 4.98 Å². The fourth-order valence-electron chi connectivity index (χ4n) is 5.79. The summed E-state index contributed by atoms with van der Waals surface area (Å²) < 4.78 is 30.4. The van der Waals surface area contributed by atoms with E-state index in [0.29, 0.717) is 39.8 Å². The predicted octanol–water partition coefficient (Wildman–Crippen LogP) is 4.80. The van der Waals surface area contributed by atoms with Crippen LogP contribution in [0.15, 0.2) is 60.1 Å². The lowest BCUT2D eigenvalue weighted by Gasteiger charge is -2.19. The molecule has 0 radical (unpaired) electrons. The number of pyridine rings is 3. The first kappa shape index (κ1) is 29.8. The fraction of sp³-hybridized carbons (Fsp3) is 0.364. The quantitative estimate of drug-likeness (QED) is 0.246. The summed E-state index contributed by atoms with van der Waals surface area (Å²) in [5.74, 6) is -0.222. The van der Waals surface area contributed by atoms with Crippen LogP contribution in [-0.2, 0) is 10.0 Å². The molecule has 0 bridgehead atoms. The molecule has 1 aromatic carbocycles. The molecule has 1 saturated carbocycles. The van der Waals surface area contributed by atoms with Crippen LogP contribution in [0.4, 0.5) is 0 Å². The van der Waals surface area contributed by atoms with Gasteiger partial charge in [-0.3, -0.25) is 24.5 Å². The number of hydrogen-bond donors (Lipinski definition) is 3. The van der Waals surface area contributed by atoms with Crippen molar-refractivity contribution < 1.29 is 18.0 Å². The number of nitrogens with one attached hydrogen (secondary N) is 3. The zero-order chi connectivity index (χ0) is 31.2. The first-order valence-electron chi connectivity index (χ1n) is 14.9. The number of amides is 2. The molecule has 0 aliphatic heterocycles. The molecule has 2 aliphatic carbocycles. The number of benzene rings is 1. The largest absolute Gasteiger partial charge is 0.345 e. The highest BCUT2D eigenvalue weighted by molar-refractivity contribution is 7.89. The zero-order valence-corrected chi connectivity index (χ0v) is 26.0. The number of sulfonamides is 1. The molecular weight excluding hydrogens is 576 g/mol. The Morgan fingerprint density at radius 2 is 1.45 bits per heavy atom. The van der Waals surface area contributed by atoms with Crippen LogP contribution in [0.3, 0.4) is 0 Å². The highest BCUT2D eigenvalue weighted by Gasteiger charge is 2.38. The molecule has 3 heterocycles. The molecular formula is C33H36N6O4S. The van der Waals surface area contributed by atoms with Gasteiger partial charge in [-0.25, -0.2) is 13.1 Å². The van der Waals surface area contributed by atoms with Crippen molar-refractivity contribution in [2.45, 2.75) is 69.9 Å². The van der Waals surface area contributed by atoms with E-state index in [1.807, 2.05) is 33.8 Å². The molecule has 0 saturated heterocycles. The number of rotatable bonds is 9. The summed E-state index contributed by atoms with van der Waals surface area (Å²) in [4.78, 5) is 40.0. The molecule has 1 fully saturated rings. The summed E-state index contributed by atoms with van der Waals surface area (Å²) in [6.07, 6.45) is 10.4. The Balaban J connectivity index is 1.48. The van der Waals surface area contributed by atoms with Gasteiger partial charge in [0.15, 0.2) is 0 Å². The maximum Gasteiger partial charge on any atom is 0.253 e.